The number of hydrogen-bond donors (Lipinski definition) is 2. The molecule has 1 fully saturated rings. The standard InChI is InChI=1S/C27H41N5O2/c1-5-22-17-30-27(31-18-22)32-10-8-23(9-11-32)7-6-12-34-24-13-20(3)25(21(4)14-24)26(33)29-16-19(2)15-28/h13-14,17-19,23H,5-12,15-16,28H2,1-4H3,(H,29,33). The quantitative estimate of drug-likeness (QED) is 0.484. The van der Waals surface area contributed by atoms with Gasteiger partial charge in [-0.05, 0) is 93.2 Å². The maximum Gasteiger partial charge on any atom is 0.251 e. The first-order chi connectivity index (χ1) is 16.4. The molecule has 1 aliphatic heterocycles. The van der Waals surface area contributed by atoms with Crippen LogP contribution in [0.5, 0.6) is 5.75 Å². The molecule has 1 aliphatic rings. The number of aromatic nitrogens is 2. The molecule has 0 bridgehead atoms. The molecule has 0 spiro atoms. The van der Waals surface area contributed by atoms with Crippen molar-refractivity contribution in [1.82, 2.24) is 15.3 Å². The lowest BCUT2D eigenvalue weighted by molar-refractivity contribution is 0.0947. The fraction of sp³-hybridized carbons (Fsp3) is 0.593. The topological polar surface area (TPSA) is 93.4 Å². The highest BCUT2D eigenvalue weighted by Crippen LogP contribution is 2.25. The van der Waals surface area contributed by atoms with E-state index in [4.69, 9.17) is 10.5 Å². The highest BCUT2D eigenvalue weighted by Gasteiger charge is 2.21. The number of aryl methyl sites for hydroxylation is 3. The minimum atomic E-state index is -0.0418. The van der Waals surface area contributed by atoms with Crippen molar-refractivity contribution in [2.24, 2.45) is 17.6 Å². The zero-order chi connectivity index (χ0) is 24.5. The zero-order valence-corrected chi connectivity index (χ0v) is 21.3. The Balaban J connectivity index is 1.40. The Hall–Kier alpha value is -2.67. The van der Waals surface area contributed by atoms with Crippen LogP contribution in [0.25, 0.3) is 0 Å². The number of nitrogens with one attached hydrogen (secondary N) is 1. The molecule has 0 aliphatic carbocycles. The maximum absolute atomic E-state index is 12.6. The number of nitrogens with two attached hydrogens (primary N) is 1. The smallest absolute Gasteiger partial charge is 0.251 e. The van der Waals surface area contributed by atoms with Gasteiger partial charge in [0.15, 0.2) is 0 Å². The Morgan fingerprint density at radius 3 is 2.44 bits per heavy atom. The molecule has 186 valence electrons. The van der Waals surface area contributed by atoms with Gasteiger partial charge in [-0.3, -0.25) is 4.79 Å². The Labute approximate surface area is 204 Å². The van der Waals surface area contributed by atoms with E-state index in [9.17, 15) is 4.79 Å². The summed E-state index contributed by atoms with van der Waals surface area (Å²) in [5.74, 6) is 2.64. The van der Waals surface area contributed by atoms with Crippen LogP contribution < -0.4 is 20.7 Å². The van der Waals surface area contributed by atoms with Crippen LogP contribution in [-0.4, -0.2) is 48.7 Å². The summed E-state index contributed by atoms with van der Waals surface area (Å²) in [6.45, 7) is 12.0. The largest absolute Gasteiger partial charge is 0.494 e. The highest BCUT2D eigenvalue weighted by atomic mass is 16.5. The van der Waals surface area contributed by atoms with Gasteiger partial charge in [-0.15, -0.1) is 0 Å². The van der Waals surface area contributed by atoms with E-state index < -0.39 is 0 Å². The number of nitrogens with zero attached hydrogens (tertiary/aromatic N) is 3. The van der Waals surface area contributed by atoms with Crippen molar-refractivity contribution in [1.29, 1.82) is 0 Å². The Morgan fingerprint density at radius 1 is 1.21 bits per heavy atom. The molecule has 1 aromatic carbocycles. The van der Waals surface area contributed by atoms with Crippen molar-refractivity contribution >= 4 is 11.9 Å². The van der Waals surface area contributed by atoms with Crippen LogP contribution in [-0.2, 0) is 6.42 Å². The number of carbonyl (C=O) groups excluding carboxylic acids is 1. The van der Waals surface area contributed by atoms with Crippen LogP contribution in [0.1, 0.15) is 66.6 Å². The lowest BCUT2D eigenvalue weighted by Crippen LogP contribution is -2.35. The fourth-order valence-electron chi connectivity index (χ4n) is 4.48. The molecule has 3 N–H and O–H groups in total. The molecule has 1 saturated heterocycles. The van der Waals surface area contributed by atoms with Crippen LogP contribution in [0.4, 0.5) is 5.95 Å². The normalized spacial score (nSPS) is 15.3. The number of carbonyl (C=O) groups is 1. The number of rotatable bonds is 11. The molecule has 1 amide bonds. The molecule has 0 saturated carbocycles. The van der Waals surface area contributed by atoms with Crippen LogP contribution in [0, 0.1) is 25.7 Å². The third-order valence-electron chi connectivity index (χ3n) is 6.77. The SMILES string of the molecule is CCc1cnc(N2CCC(CCCOc3cc(C)c(C(=O)NCC(C)CN)c(C)c3)CC2)nc1. The first-order valence-electron chi connectivity index (χ1n) is 12.7. The summed E-state index contributed by atoms with van der Waals surface area (Å²) in [4.78, 5) is 23.9. The number of anilines is 1. The van der Waals surface area contributed by atoms with E-state index in [1.165, 1.54) is 24.8 Å². The van der Waals surface area contributed by atoms with Crippen LogP contribution in [0.15, 0.2) is 24.5 Å². The van der Waals surface area contributed by atoms with Crippen molar-refractivity contribution in [2.75, 3.05) is 37.7 Å². The summed E-state index contributed by atoms with van der Waals surface area (Å²) in [6, 6.07) is 3.94. The first kappa shape index (κ1) is 25.9. The van der Waals surface area contributed by atoms with Gasteiger partial charge >= 0.3 is 0 Å². The number of piperidine rings is 1. The molecular weight excluding hydrogens is 426 g/mol. The van der Waals surface area contributed by atoms with Crippen molar-refractivity contribution in [3.63, 3.8) is 0 Å². The van der Waals surface area contributed by atoms with Gasteiger partial charge in [0.05, 0.1) is 6.61 Å². The number of benzene rings is 1. The van der Waals surface area contributed by atoms with Crippen molar-refractivity contribution in [3.8, 4) is 5.75 Å². The van der Waals surface area contributed by atoms with Gasteiger partial charge in [-0.2, -0.15) is 0 Å². The van der Waals surface area contributed by atoms with Gasteiger partial charge in [0.2, 0.25) is 5.95 Å². The highest BCUT2D eigenvalue weighted by molar-refractivity contribution is 5.97. The van der Waals surface area contributed by atoms with Crippen molar-refractivity contribution < 1.29 is 9.53 Å². The summed E-state index contributed by atoms with van der Waals surface area (Å²) in [5, 5.41) is 2.99. The first-order valence-corrected chi connectivity index (χ1v) is 12.7. The summed E-state index contributed by atoms with van der Waals surface area (Å²) in [6.07, 6.45) is 9.39. The second kappa shape index (κ2) is 12.7. The molecule has 7 heteroatoms. The third kappa shape index (κ3) is 7.16. The average Bonchev–Trinajstić information content (AvgIpc) is 2.85. The zero-order valence-electron chi connectivity index (χ0n) is 21.3. The van der Waals surface area contributed by atoms with Gasteiger partial charge in [0.1, 0.15) is 5.75 Å². The monoisotopic (exact) mass is 467 g/mol. The molecule has 1 atom stereocenters. The fourth-order valence-corrected chi connectivity index (χ4v) is 4.48. The van der Waals surface area contributed by atoms with E-state index in [0.717, 1.165) is 60.2 Å². The molecule has 0 radical (unpaired) electrons. The average molecular weight is 468 g/mol. The number of ether oxygens (including phenoxy) is 1. The van der Waals surface area contributed by atoms with E-state index in [1.807, 2.05) is 45.3 Å². The predicted octanol–water partition coefficient (Wildman–Crippen LogP) is 4.06. The maximum atomic E-state index is 12.6. The van der Waals surface area contributed by atoms with Gasteiger partial charge in [0, 0.05) is 37.6 Å². The van der Waals surface area contributed by atoms with E-state index in [-0.39, 0.29) is 11.8 Å². The molecule has 34 heavy (non-hydrogen) atoms. The second-order valence-electron chi connectivity index (χ2n) is 9.65. The second-order valence-corrected chi connectivity index (χ2v) is 9.65. The Kier molecular flexibility index (Phi) is 9.69. The summed E-state index contributed by atoms with van der Waals surface area (Å²) in [5.41, 5.74) is 9.44. The summed E-state index contributed by atoms with van der Waals surface area (Å²) in [7, 11) is 0. The van der Waals surface area contributed by atoms with Gasteiger partial charge in [-0.1, -0.05) is 13.8 Å². The lowest BCUT2D eigenvalue weighted by Gasteiger charge is -2.32. The van der Waals surface area contributed by atoms with E-state index >= 15 is 0 Å². The number of hydrogen-bond acceptors (Lipinski definition) is 6. The lowest BCUT2D eigenvalue weighted by atomic mass is 9.92. The van der Waals surface area contributed by atoms with Crippen LogP contribution >= 0.6 is 0 Å². The van der Waals surface area contributed by atoms with Gasteiger partial charge < -0.3 is 20.7 Å². The van der Waals surface area contributed by atoms with Crippen molar-refractivity contribution in [2.45, 2.75) is 59.8 Å². The summed E-state index contributed by atoms with van der Waals surface area (Å²) >= 11 is 0. The molecule has 1 aromatic heterocycles. The van der Waals surface area contributed by atoms with E-state index in [1.54, 1.807) is 0 Å². The van der Waals surface area contributed by atoms with Crippen LogP contribution in [0.2, 0.25) is 0 Å². The van der Waals surface area contributed by atoms with Crippen molar-refractivity contribution in [3.05, 3.63) is 46.8 Å². The van der Waals surface area contributed by atoms with Gasteiger partial charge in [-0.25, -0.2) is 9.97 Å². The van der Waals surface area contributed by atoms with Gasteiger partial charge in [0.25, 0.3) is 5.91 Å². The third-order valence-corrected chi connectivity index (χ3v) is 6.77. The number of amides is 1. The summed E-state index contributed by atoms with van der Waals surface area (Å²) < 4.78 is 6.04. The molecule has 1 unspecified atom stereocenters. The molecule has 2 heterocycles. The van der Waals surface area contributed by atoms with E-state index in [2.05, 4.69) is 27.1 Å². The Morgan fingerprint density at radius 2 is 1.85 bits per heavy atom. The Bertz CT molecular complexity index is 900. The minimum Gasteiger partial charge on any atom is -0.494 e. The van der Waals surface area contributed by atoms with E-state index in [0.29, 0.717) is 19.7 Å². The molecule has 2 aromatic rings. The molecule has 3 rings (SSSR count). The molecule has 7 nitrogen and oxygen atoms in total. The van der Waals surface area contributed by atoms with Crippen LogP contribution in [0.3, 0.4) is 0 Å². The minimum absolute atomic E-state index is 0.0418. The molecular formula is C27H41N5O2. The predicted molar refractivity (Wildman–Crippen MR) is 138 cm³/mol.